The van der Waals surface area contributed by atoms with Crippen molar-refractivity contribution in [2.75, 3.05) is 12.3 Å². The molecule has 0 unspecified atom stereocenters. The lowest BCUT2D eigenvalue weighted by molar-refractivity contribution is -0.146. The highest BCUT2D eigenvalue weighted by molar-refractivity contribution is 6.00. The van der Waals surface area contributed by atoms with E-state index in [0.717, 1.165) is 65.8 Å². The molecule has 8 heteroatoms. The summed E-state index contributed by atoms with van der Waals surface area (Å²) < 4.78 is 13.6. The van der Waals surface area contributed by atoms with E-state index < -0.39 is 0 Å². The van der Waals surface area contributed by atoms with Crippen molar-refractivity contribution in [3.05, 3.63) is 67.1 Å². The van der Waals surface area contributed by atoms with Crippen LogP contribution in [0.15, 0.2) is 67.1 Å². The van der Waals surface area contributed by atoms with Gasteiger partial charge in [-0.05, 0) is 74.8 Å². The van der Waals surface area contributed by atoms with Crippen molar-refractivity contribution in [1.82, 2.24) is 19.9 Å². The number of fused-ring (bicyclic) bond motifs is 1. The first-order chi connectivity index (χ1) is 19.4. The average Bonchev–Trinajstić information content (AvgIpc) is 3.35. The second kappa shape index (κ2) is 12.5. The molecular weight excluding hydrogens is 502 g/mol. The Labute approximate surface area is 235 Å². The van der Waals surface area contributed by atoms with E-state index in [0.29, 0.717) is 18.3 Å². The molecule has 1 atom stereocenters. The van der Waals surface area contributed by atoms with Crippen LogP contribution in [-0.4, -0.2) is 39.2 Å². The highest BCUT2D eigenvalue weighted by Crippen LogP contribution is 2.39. The molecule has 2 aromatic carbocycles. The van der Waals surface area contributed by atoms with Gasteiger partial charge < -0.3 is 25.1 Å². The summed E-state index contributed by atoms with van der Waals surface area (Å²) in [6.07, 6.45) is 8.38. The fraction of sp³-hybridized carbons (Fsp3) is 0.406. The molecule has 1 saturated carbocycles. The van der Waals surface area contributed by atoms with Crippen LogP contribution >= 0.6 is 0 Å². The van der Waals surface area contributed by atoms with Gasteiger partial charge in [0.1, 0.15) is 35.3 Å². The van der Waals surface area contributed by atoms with Crippen molar-refractivity contribution in [3.8, 4) is 22.6 Å². The largest absolute Gasteiger partial charge is 0.465 e. The van der Waals surface area contributed by atoms with Gasteiger partial charge >= 0.3 is 5.97 Å². The van der Waals surface area contributed by atoms with Gasteiger partial charge in [0.15, 0.2) is 0 Å². The zero-order chi connectivity index (χ0) is 28.1. The van der Waals surface area contributed by atoms with Crippen LogP contribution in [-0.2, 0) is 9.53 Å². The van der Waals surface area contributed by atoms with E-state index in [1.807, 2.05) is 49.4 Å². The zero-order valence-electron chi connectivity index (χ0n) is 23.5. The van der Waals surface area contributed by atoms with Crippen LogP contribution in [0.25, 0.3) is 22.2 Å². The number of rotatable bonds is 10. The van der Waals surface area contributed by atoms with Gasteiger partial charge in [0.2, 0.25) is 0 Å². The average molecular weight is 542 g/mol. The van der Waals surface area contributed by atoms with Crippen LogP contribution in [0.4, 0.5) is 5.82 Å². The van der Waals surface area contributed by atoms with Crippen LogP contribution < -0.4 is 15.8 Å². The SMILES string of the molecule is CCOC(=O)[C@H](CC(C)C)NC1CCC(n2cc(-c3ccc(Oc4ccccc4)cc3)c3c(N)ncnc32)CC1. The molecule has 1 aliphatic rings. The quantitative estimate of drug-likeness (QED) is 0.220. The number of nitrogens with two attached hydrogens (primary N) is 1. The summed E-state index contributed by atoms with van der Waals surface area (Å²) in [4.78, 5) is 21.5. The topological polar surface area (TPSA) is 104 Å². The number of ether oxygens (including phenoxy) is 2. The molecule has 4 aromatic rings. The lowest BCUT2D eigenvalue weighted by atomic mass is 9.90. The second-order valence-electron chi connectivity index (χ2n) is 11.0. The first kappa shape index (κ1) is 27.6. The van der Waals surface area contributed by atoms with E-state index in [1.54, 1.807) is 0 Å². The summed E-state index contributed by atoms with van der Waals surface area (Å²) in [6.45, 7) is 6.53. The zero-order valence-corrected chi connectivity index (χ0v) is 23.5. The summed E-state index contributed by atoms with van der Waals surface area (Å²) in [7, 11) is 0. The Bertz CT molecular complexity index is 1410. The molecule has 210 valence electrons. The number of hydrogen-bond donors (Lipinski definition) is 2. The molecule has 1 fully saturated rings. The lowest BCUT2D eigenvalue weighted by Gasteiger charge is -2.33. The number of para-hydroxylation sites is 1. The summed E-state index contributed by atoms with van der Waals surface area (Å²) in [5.41, 5.74) is 9.30. The number of anilines is 1. The number of esters is 1. The highest BCUT2D eigenvalue weighted by Gasteiger charge is 2.29. The molecule has 0 aliphatic heterocycles. The third kappa shape index (κ3) is 6.28. The smallest absolute Gasteiger partial charge is 0.323 e. The Balaban J connectivity index is 1.33. The Morgan fingerprint density at radius 3 is 2.40 bits per heavy atom. The molecular formula is C32H39N5O3. The van der Waals surface area contributed by atoms with Gasteiger partial charge in [-0.3, -0.25) is 4.79 Å². The van der Waals surface area contributed by atoms with Gasteiger partial charge in [-0.15, -0.1) is 0 Å². The van der Waals surface area contributed by atoms with Gasteiger partial charge in [-0.25, -0.2) is 9.97 Å². The molecule has 0 amide bonds. The fourth-order valence-corrected chi connectivity index (χ4v) is 5.68. The third-order valence-corrected chi connectivity index (χ3v) is 7.59. The maximum Gasteiger partial charge on any atom is 0.323 e. The van der Waals surface area contributed by atoms with E-state index in [-0.39, 0.29) is 24.1 Å². The first-order valence-corrected chi connectivity index (χ1v) is 14.3. The Morgan fingerprint density at radius 2 is 1.73 bits per heavy atom. The number of aromatic nitrogens is 3. The third-order valence-electron chi connectivity index (χ3n) is 7.59. The minimum atomic E-state index is -0.262. The number of nitrogens with zero attached hydrogens (tertiary/aromatic N) is 3. The van der Waals surface area contributed by atoms with Crippen molar-refractivity contribution in [1.29, 1.82) is 0 Å². The molecule has 40 heavy (non-hydrogen) atoms. The van der Waals surface area contributed by atoms with E-state index >= 15 is 0 Å². The Morgan fingerprint density at radius 1 is 1.02 bits per heavy atom. The van der Waals surface area contributed by atoms with Crippen molar-refractivity contribution in [2.45, 2.75) is 71.0 Å². The normalized spacial score (nSPS) is 18.1. The summed E-state index contributed by atoms with van der Waals surface area (Å²) in [5.74, 6) is 2.31. The van der Waals surface area contributed by atoms with Crippen LogP contribution in [0.1, 0.15) is 58.9 Å². The molecule has 0 saturated heterocycles. The van der Waals surface area contributed by atoms with Gasteiger partial charge in [0.05, 0.1) is 12.0 Å². The standard InChI is InChI=1S/C32H39N5O3/c1-4-39-32(38)28(18-21(2)3)36-23-12-14-24(15-13-23)37-19-27(29-30(33)34-20-35-31(29)37)22-10-16-26(17-11-22)40-25-8-6-5-7-9-25/h5-11,16-17,19-21,23-24,28,36H,4,12-15,18H2,1-3H3,(H2,33,34,35)/t23?,24?,28-/m0/s1. The number of nitrogen functional groups attached to an aromatic ring is 1. The van der Waals surface area contributed by atoms with Crippen LogP contribution in [0.3, 0.4) is 0 Å². The summed E-state index contributed by atoms with van der Waals surface area (Å²) in [5, 5.41) is 4.48. The maximum atomic E-state index is 12.5. The summed E-state index contributed by atoms with van der Waals surface area (Å²) in [6, 6.07) is 18.1. The minimum Gasteiger partial charge on any atom is -0.465 e. The first-order valence-electron chi connectivity index (χ1n) is 14.3. The number of benzene rings is 2. The molecule has 1 aliphatic carbocycles. The number of carbonyl (C=O) groups is 1. The summed E-state index contributed by atoms with van der Waals surface area (Å²) >= 11 is 0. The van der Waals surface area contributed by atoms with E-state index in [4.69, 9.17) is 15.2 Å². The van der Waals surface area contributed by atoms with Gasteiger partial charge in [-0.1, -0.05) is 44.2 Å². The van der Waals surface area contributed by atoms with E-state index in [1.165, 1.54) is 6.33 Å². The Hall–Kier alpha value is -3.91. The maximum absolute atomic E-state index is 12.5. The van der Waals surface area contributed by atoms with Gasteiger partial charge in [0, 0.05) is 23.8 Å². The monoisotopic (exact) mass is 541 g/mol. The molecule has 0 radical (unpaired) electrons. The second-order valence-corrected chi connectivity index (χ2v) is 11.0. The number of hydrogen-bond acceptors (Lipinski definition) is 7. The van der Waals surface area contributed by atoms with Crippen molar-refractivity contribution >= 4 is 22.8 Å². The van der Waals surface area contributed by atoms with Crippen molar-refractivity contribution in [3.63, 3.8) is 0 Å². The van der Waals surface area contributed by atoms with Gasteiger partial charge in [0.25, 0.3) is 0 Å². The fourth-order valence-electron chi connectivity index (χ4n) is 5.68. The number of nitrogens with one attached hydrogen (secondary N) is 1. The molecule has 5 rings (SSSR count). The molecule has 8 nitrogen and oxygen atoms in total. The van der Waals surface area contributed by atoms with Crippen LogP contribution in [0, 0.1) is 5.92 Å². The Kier molecular flexibility index (Phi) is 8.65. The lowest BCUT2D eigenvalue weighted by Crippen LogP contribution is -2.46. The predicted molar refractivity (Wildman–Crippen MR) is 158 cm³/mol. The number of carbonyl (C=O) groups excluding carboxylic acids is 1. The molecule has 2 heterocycles. The minimum absolute atomic E-state index is 0.147. The predicted octanol–water partition coefficient (Wildman–Crippen LogP) is 6.52. The van der Waals surface area contributed by atoms with Crippen molar-refractivity contribution < 1.29 is 14.3 Å². The highest BCUT2D eigenvalue weighted by atomic mass is 16.5. The molecule has 2 aromatic heterocycles. The molecule has 0 bridgehead atoms. The van der Waals surface area contributed by atoms with E-state index in [2.05, 4.69) is 52.0 Å². The van der Waals surface area contributed by atoms with Crippen LogP contribution in [0.5, 0.6) is 11.5 Å². The van der Waals surface area contributed by atoms with E-state index in [9.17, 15) is 4.79 Å². The van der Waals surface area contributed by atoms with Crippen molar-refractivity contribution in [2.24, 2.45) is 5.92 Å². The van der Waals surface area contributed by atoms with Gasteiger partial charge in [-0.2, -0.15) is 0 Å². The van der Waals surface area contributed by atoms with Crippen LogP contribution in [0.2, 0.25) is 0 Å². The molecule has 3 N–H and O–H groups in total. The molecule has 0 spiro atoms.